The maximum absolute atomic E-state index is 13.0. The van der Waals surface area contributed by atoms with Gasteiger partial charge in [0.15, 0.2) is 0 Å². The van der Waals surface area contributed by atoms with E-state index in [9.17, 15) is 4.79 Å². The first-order valence-electron chi connectivity index (χ1n) is 10.6. The summed E-state index contributed by atoms with van der Waals surface area (Å²) in [5, 5.41) is 0.642. The smallest absolute Gasteiger partial charge is 0.253 e. The van der Waals surface area contributed by atoms with E-state index in [0.29, 0.717) is 22.9 Å². The standard InChI is InChI=1S/C26H27ClN2O2/c1-20-5-2-6-21(15-20)18-28-11-13-29(14-12-28)26(30)23-8-3-7-22(16-23)19-31-25-10-4-9-24(27)17-25/h2-10,15-17H,11-14,18-19H2,1H3. The number of carbonyl (C=O) groups excluding carboxylic acids is 1. The molecule has 3 aromatic carbocycles. The molecule has 0 aliphatic carbocycles. The number of hydrogen-bond acceptors (Lipinski definition) is 3. The number of carbonyl (C=O) groups is 1. The normalized spacial score (nSPS) is 14.5. The van der Waals surface area contributed by atoms with Gasteiger partial charge in [0.1, 0.15) is 12.4 Å². The van der Waals surface area contributed by atoms with E-state index >= 15 is 0 Å². The molecule has 5 heteroatoms. The van der Waals surface area contributed by atoms with Crippen molar-refractivity contribution in [2.45, 2.75) is 20.1 Å². The second-order valence-corrected chi connectivity index (χ2v) is 8.44. The van der Waals surface area contributed by atoms with Crippen LogP contribution in [0.3, 0.4) is 0 Å². The zero-order valence-electron chi connectivity index (χ0n) is 17.8. The van der Waals surface area contributed by atoms with E-state index < -0.39 is 0 Å². The number of amides is 1. The molecular formula is C26H27ClN2O2. The maximum atomic E-state index is 13.0. The van der Waals surface area contributed by atoms with Crippen molar-refractivity contribution in [1.29, 1.82) is 0 Å². The summed E-state index contributed by atoms with van der Waals surface area (Å²) in [7, 11) is 0. The van der Waals surface area contributed by atoms with Crippen LogP contribution >= 0.6 is 11.6 Å². The van der Waals surface area contributed by atoms with Crippen molar-refractivity contribution in [2.24, 2.45) is 0 Å². The van der Waals surface area contributed by atoms with Crippen LogP contribution in [0, 0.1) is 6.92 Å². The number of nitrogens with zero attached hydrogens (tertiary/aromatic N) is 2. The van der Waals surface area contributed by atoms with Gasteiger partial charge in [0.25, 0.3) is 5.91 Å². The first kappa shape index (κ1) is 21.4. The summed E-state index contributed by atoms with van der Waals surface area (Å²) in [6.45, 7) is 6.70. The maximum Gasteiger partial charge on any atom is 0.253 e. The largest absolute Gasteiger partial charge is 0.489 e. The predicted octanol–water partition coefficient (Wildman–Crippen LogP) is 5.19. The average Bonchev–Trinajstić information content (AvgIpc) is 2.78. The molecule has 4 nitrogen and oxygen atoms in total. The molecule has 1 aliphatic rings. The van der Waals surface area contributed by atoms with E-state index in [1.807, 2.05) is 47.4 Å². The Morgan fingerprint density at radius 2 is 1.65 bits per heavy atom. The molecule has 0 radical (unpaired) electrons. The monoisotopic (exact) mass is 434 g/mol. The number of aryl methyl sites for hydroxylation is 1. The number of hydrogen-bond donors (Lipinski definition) is 0. The molecule has 0 N–H and O–H groups in total. The molecule has 0 spiro atoms. The summed E-state index contributed by atoms with van der Waals surface area (Å²) in [4.78, 5) is 17.4. The van der Waals surface area contributed by atoms with E-state index in [1.54, 1.807) is 6.07 Å². The average molecular weight is 435 g/mol. The molecule has 0 aromatic heterocycles. The van der Waals surface area contributed by atoms with Crippen molar-refractivity contribution in [3.05, 3.63) is 100 Å². The molecule has 0 atom stereocenters. The molecule has 0 unspecified atom stereocenters. The van der Waals surface area contributed by atoms with Crippen LogP contribution < -0.4 is 4.74 Å². The number of benzene rings is 3. The van der Waals surface area contributed by atoms with Crippen molar-refractivity contribution >= 4 is 17.5 Å². The van der Waals surface area contributed by atoms with Crippen LogP contribution in [0.1, 0.15) is 27.0 Å². The van der Waals surface area contributed by atoms with Crippen molar-refractivity contribution in [1.82, 2.24) is 9.80 Å². The molecule has 160 valence electrons. The van der Waals surface area contributed by atoms with Gasteiger partial charge in [0.2, 0.25) is 0 Å². The highest BCUT2D eigenvalue weighted by molar-refractivity contribution is 6.30. The Balaban J connectivity index is 1.32. The van der Waals surface area contributed by atoms with Crippen molar-refractivity contribution in [2.75, 3.05) is 26.2 Å². The van der Waals surface area contributed by atoms with Gasteiger partial charge in [-0.3, -0.25) is 9.69 Å². The van der Waals surface area contributed by atoms with Gasteiger partial charge in [-0.15, -0.1) is 0 Å². The molecule has 0 saturated carbocycles. The number of ether oxygens (including phenoxy) is 1. The summed E-state index contributed by atoms with van der Waals surface area (Å²) < 4.78 is 5.82. The molecule has 0 bridgehead atoms. The van der Waals surface area contributed by atoms with E-state index in [-0.39, 0.29) is 5.91 Å². The third-order valence-corrected chi connectivity index (χ3v) is 5.76. The van der Waals surface area contributed by atoms with Crippen LogP contribution in [0.4, 0.5) is 0 Å². The zero-order valence-corrected chi connectivity index (χ0v) is 18.5. The summed E-state index contributed by atoms with van der Waals surface area (Å²) in [6, 6.07) is 23.6. The number of piperazine rings is 1. The topological polar surface area (TPSA) is 32.8 Å². The van der Waals surface area contributed by atoms with Crippen LogP contribution in [0.5, 0.6) is 5.75 Å². The third-order valence-electron chi connectivity index (χ3n) is 5.52. The van der Waals surface area contributed by atoms with Crippen LogP contribution in [0.15, 0.2) is 72.8 Å². The first-order valence-corrected chi connectivity index (χ1v) is 11.0. The van der Waals surface area contributed by atoms with Gasteiger partial charge in [0, 0.05) is 43.3 Å². The van der Waals surface area contributed by atoms with Gasteiger partial charge < -0.3 is 9.64 Å². The van der Waals surface area contributed by atoms with Crippen molar-refractivity contribution < 1.29 is 9.53 Å². The summed E-state index contributed by atoms with van der Waals surface area (Å²) in [6.07, 6.45) is 0. The van der Waals surface area contributed by atoms with Crippen LogP contribution in [0.2, 0.25) is 5.02 Å². The van der Waals surface area contributed by atoms with Crippen LogP contribution in [-0.4, -0.2) is 41.9 Å². The predicted molar refractivity (Wildman–Crippen MR) is 125 cm³/mol. The third kappa shape index (κ3) is 5.87. The fourth-order valence-corrected chi connectivity index (χ4v) is 4.06. The summed E-state index contributed by atoms with van der Waals surface area (Å²) in [5.41, 5.74) is 4.28. The highest BCUT2D eigenvalue weighted by atomic mass is 35.5. The molecule has 1 saturated heterocycles. The Morgan fingerprint density at radius 1 is 0.903 bits per heavy atom. The lowest BCUT2D eigenvalue weighted by atomic mass is 10.1. The minimum absolute atomic E-state index is 0.0832. The molecule has 31 heavy (non-hydrogen) atoms. The van der Waals surface area contributed by atoms with Gasteiger partial charge in [-0.1, -0.05) is 59.6 Å². The minimum atomic E-state index is 0.0832. The first-order chi connectivity index (χ1) is 15.1. The lowest BCUT2D eigenvalue weighted by Gasteiger charge is -2.35. The fourth-order valence-electron chi connectivity index (χ4n) is 3.88. The minimum Gasteiger partial charge on any atom is -0.489 e. The van der Waals surface area contributed by atoms with Gasteiger partial charge >= 0.3 is 0 Å². The van der Waals surface area contributed by atoms with E-state index in [2.05, 4.69) is 36.1 Å². The second-order valence-electron chi connectivity index (χ2n) is 8.00. The Bertz CT molecular complexity index is 1040. The van der Waals surface area contributed by atoms with Gasteiger partial charge in [-0.25, -0.2) is 0 Å². The highest BCUT2D eigenvalue weighted by Gasteiger charge is 2.22. The molecule has 4 rings (SSSR count). The number of halogens is 1. The molecule has 1 amide bonds. The van der Waals surface area contributed by atoms with E-state index in [4.69, 9.17) is 16.3 Å². The van der Waals surface area contributed by atoms with E-state index in [0.717, 1.165) is 38.3 Å². The SMILES string of the molecule is Cc1cccc(CN2CCN(C(=O)c3cccc(COc4cccc(Cl)c4)c3)CC2)c1. The zero-order chi connectivity index (χ0) is 21.6. The molecule has 3 aromatic rings. The Labute approximate surface area is 189 Å². The summed E-state index contributed by atoms with van der Waals surface area (Å²) in [5.74, 6) is 0.800. The summed E-state index contributed by atoms with van der Waals surface area (Å²) >= 11 is 6.01. The Hall–Kier alpha value is -2.82. The molecule has 1 aliphatic heterocycles. The Kier molecular flexibility index (Phi) is 6.90. The number of rotatable bonds is 6. The van der Waals surface area contributed by atoms with Crippen molar-refractivity contribution in [3.8, 4) is 5.75 Å². The van der Waals surface area contributed by atoms with Gasteiger partial charge in [-0.2, -0.15) is 0 Å². The molecule has 1 fully saturated rings. The van der Waals surface area contributed by atoms with Crippen LogP contribution in [0.25, 0.3) is 0 Å². The second kappa shape index (κ2) is 9.99. The van der Waals surface area contributed by atoms with Gasteiger partial charge in [-0.05, 0) is 48.4 Å². The highest BCUT2D eigenvalue weighted by Crippen LogP contribution is 2.19. The molecule has 1 heterocycles. The van der Waals surface area contributed by atoms with Crippen LogP contribution in [-0.2, 0) is 13.2 Å². The quantitative estimate of drug-likeness (QED) is 0.535. The Morgan fingerprint density at radius 3 is 2.42 bits per heavy atom. The molecular weight excluding hydrogens is 408 g/mol. The van der Waals surface area contributed by atoms with Crippen molar-refractivity contribution in [3.63, 3.8) is 0 Å². The van der Waals surface area contributed by atoms with Gasteiger partial charge in [0.05, 0.1) is 0 Å². The fraction of sp³-hybridized carbons (Fsp3) is 0.269. The lowest BCUT2D eigenvalue weighted by Crippen LogP contribution is -2.48. The lowest BCUT2D eigenvalue weighted by molar-refractivity contribution is 0.0628. The van der Waals surface area contributed by atoms with E-state index in [1.165, 1.54) is 11.1 Å².